The highest BCUT2D eigenvalue weighted by Crippen LogP contribution is 2.35. The van der Waals surface area contributed by atoms with E-state index in [1.807, 2.05) is 24.4 Å². The van der Waals surface area contributed by atoms with Crippen LogP contribution in [0.2, 0.25) is 0 Å². The summed E-state index contributed by atoms with van der Waals surface area (Å²) in [6.07, 6.45) is 10.8. The number of hydrogen-bond acceptors (Lipinski definition) is 4. The van der Waals surface area contributed by atoms with Crippen molar-refractivity contribution in [2.45, 2.75) is 31.7 Å². The molecule has 4 heterocycles. The van der Waals surface area contributed by atoms with Crippen LogP contribution in [-0.4, -0.2) is 34.5 Å². The minimum atomic E-state index is -0.103. The number of aromatic nitrogens is 1. The van der Waals surface area contributed by atoms with E-state index >= 15 is 0 Å². The van der Waals surface area contributed by atoms with Gasteiger partial charge in [-0.3, -0.25) is 14.4 Å². The van der Waals surface area contributed by atoms with Gasteiger partial charge in [-0.2, -0.15) is 0 Å². The summed E-state index contributed by atoms with van der Waals surface area (Å²) in [7, 11) is 0. The molecule has 1 aromatic carbocycles. The van der Waals surface area contributed by atoms with Crippen molar-refractivity contribution >= 4 is 22.3 Å². The molecule has 1 fully saturated rings. The van der Waals surface area contributed by atoms with Crippen molar-refractivity contribution in [1.82, 2.24) is 9.58 Å². The van der Waals surface area contributed by atoms with Gasteiger partial charge in [-0.05, 0) is 61.7 Å². The van der Waals surface area contributed by atoms with Crippen LogP contribution in [0.1, 0.15) is 47.4 Å². The lowest BCUT2D eigenvalue weighted by Crippen LogP contribution is -2.41. The van der Waals surface area contributed by atoms with E-state index < -0.39 is 0 Å². The number of hydrogen-bond donors (Lipinski definition) is 1. The van der Waals surface area contributed by atoms with Gasteiger partial charge in [-0.25, -0.2) is 0 Å². The van der Waals surface area contributed by atoms with E-state index in [0.29, 0.717) is 17.4 Å². The molecule has 5 nitrogen and oxygen atoms in total. The zero-order chi connectivity index (χ0) is 18.4. The second-order valence-electron chi connectivity index (χ2n) is 7.57. The molecule has 3 aromatic rings. The van der Waals surface area contributed by atoms with Crippen molar-refractivity contribution in [2.24, 2.45) is 0 Å². The summed E-state index contributed by atoms with van der Waals surface area (Å²) in [6.45, 7) is 2.21. The number of benzene rings is 1. The van der Waals surface area contributed by atoms with Crippen molar-refractivity contribution in [2.75, 3.05) is 18.9 Å². The number of rotatable bonds is 3. The highest BCUT2D eigenvalue weighted by atomic mass is 16.3. The van der Waals surface area contributed by atoms with Crippen molar-refractivity contribution in [3.63, 3.8) is 0 Å². The molecule has 2 N–H and O–H groups in total. The van der Waals surface area contributed by atoms with Gasteiger partial charge in [0.15, 0.2) is 5.76 Å². The number of carbonyl (C=O) groups excluding carboxylic acids is 1. The molecule has 0 amide bonds. The lowest BCUT2D eigenvalue weighted by molar-refractivity contribution is 0.101. The third kappa shape index (κ3) is 2.79. The molecule has 0 spiro atoms. The second-order valence-corrected chi connectivity index (χ2v) is 7.57. The Hall–Kier alpha value is -2.79. The number of ketones is 1. The highest BCUT2D eigenvalue weighted by molar-refractivity contribution is 6.09. The highest BCUT2D eigenvalue weighted by Gasteiger charge is 2.27. The zero-order valence-corrected chi connectivity index (χ0v) is 15.2. The molecule has 27 heavy (non-hydrogen) atoms. The molecule has 138 valence electrons. The van der Waals surface area contributed by atoms with E-state index in [2.05, 4.69) is 11.0 Å². The summed E-state index contributed by atoms with van der Waals surface area (Å²) in [5.41, 5.74) is 4.05. The summed E-state index contributed by atoms with van der Waals surface area (Å²) in [6, 6.07) is 9.75. The van der Waals surface area contributed by atoms with Crippen LogP contribution in [0.15, 0.2) is 53.3 Å². The van der Waals surface area contributed by atoms with Crippen LogP contribution in [0.4, 0.5) is 0 Å². The fourth-order valence-electron chi connectivity index (χ4n) is 4.52. The van der Waals surface area contributed by atoms with Crippen LogP contribution in [0, 0.1) is 0 Å². The number of piperidine rings is 1. The first kappa shape index (κ1) is 16.4. The molecule has 2 aliphatic rings. The first-order valence-corrected chi connectivity index (χ1v) is 9.62. The Morgan fingerprint density at radius 1 is 1.22 bits per heavy atom. The molecule has 5 heteroatoms. The summed E-state index contributed by atoms with van der Waals surface area (Å²) in [5, 5.41) is 1.03. The average molecular weight is 361 g/mol. The Bertz CT molecular complexity index is 1030. The van der Waals surface area contributed by atoms with Crippen LogP contribution in [0.5, 0.6) is 0 Å². The van der Waals surface area contributed by atoms with Gasteiger partial charge in [0.2, 0.25) is 5.78 Å². The molecule has 1 atom stereocenters. The molecule has 0 saturated carbocycles. The first-order chi connectivity index (χ1) is 13.2. The normalized spacial score (nSPS) is 20.4. The largest absolute Gasteiger partial charge is 0.461 e. The first-order valence-electron chi connectivity index (χ1n) is 9.62. The summed E-state index contributed by atoms with van der Waals surface area (Å²) in [4.78, 5) is 15.3. The number of nitrogens with zero attached hydrogens (tertiary/aromatic N) is 2. The van der Waals surface area contributed by atoms with E-state index in [1.165, 1.54) is 37.6 Å². The molecule has 1 unspecified atom stereocenters. The van der Waals surface area contributed by atoms with Crippen molar-refractivity contribution < 1.29 is 9.21 Å². The number of carbonyl (C=O) groups is 1. The van der Waals surface area contributed by atoms with Gasteiger partial charge in [-0.1, -0.05) is 12.5 Å². The van der Waals surface area contributed by atoms with E-state index in [4.69, 9.17) is 10.3 Å². The van der Waals surface area contributed by atoms with E-state index in [-0.39, 0.29) is 5.78 Å². The maximum absolute atomic E-state index is 12.7. The molecule has 0 aliphatic carbocycles. The average Bonchev–Trinajstić information content (AvgIpc) is 3.35. The van der Waals surface area contributed by atoms with Gasteiger partial charge in [-0.15, -0.1) is 0 Å². The van der Waals surface area contributed by atoms with Gasteiger partial charge in [0.25, 0.3) is 0 Å². The molecule has 0 bridgehead atoms. The van der Waals surface area contributed by atoms with Gasteiger partial charge in [0.05, 0.1) is 11.8 Å². The standard InChI is InChI=1S/C22H23N3O2/c23-25-14-19(15-8-10-24-9-2-1-4-17(24)12-15)18-13-16(6-7-20(18)25)22(26)21-5-3-11-27-21/h3,5-8,11,13-14,17H,1-2,4,9-10,12,23H2. The van der Waals surface area contributed by atoms with Crippen LogP contribution >= 0.6 is 0 Å². The molecule has 5 rings (SSSR count). The minimum absolute atomic E-state index is 0.103. The van der Waals surface area contributed by atoms with Crippen LogP contribution < -0.4 is 5.84 Å². The molecule has 0 radical (unpaired) electrons. The van der Waals surface area contributed by atoms with Crippen LogP contribution in [0.3, 0.4) is 0 Å². The van der Waals surface area contributed by atoms with Gasteiger partial charge in [0.1, 0.15) is 0 Å². The third-order valence-electron chi connectivity index (χ3n) is 5.96. The predicted octanol–water partition coefficient (Wildman–Crippen LogP) is 3.82. The Morgan fingerprint density at radius 2 is 2.15 bits per heavy atom. The topological polar surface area (TPSA) is 64.4 Å². The third-order valence-corrected chi connectivity index (χ3v) is 5.96. The number of furan rings is 1. The van der Waals surface area contributed by atoms with Gasteiger partial charge in [0, 0.05) is 35.3 Å². The van der Waals surface area contributed by atoms with Crippen molar-refractivity contribution in [3.05, 3.63) is 65.8 Å². The van der Waals surface area contributed by atoms with E-state index in [1.54, 1.807) is 16.8 Å². The zero-order valence-electron chi connectivity index (χ0n) is 15.2. The lowest BCUT2D eigenvalue weighted by Gasteiger charge is -2.38. The molecular formula is C22H23N3O2. The fraction of sp³-hybridized carbons (Fsp3) is 0.318. The lowest BCUT2D eigenvalue weighted by atomic mass is 9.88. The molecular weight excluding hydrogens is 338 g/mol. The van der Waals surface area contributed by atoms with Gasteiger partial charge >= 0.3 is 0 Å². The van der Waals surface area contributed by atoms with Crippen LogP contribution in [0.25, 0.3) is 16.5 Å². The minimum Gasteiger partial charge on any atom is -0.461 e. The van der Waals surface area contributed by atoms with Crippen LogP contribution in [-0.2, 0) is 0 Å². The Kier molecular flexibility index (Phi) is 3.90. The maximum atomic E-state index is 12.7. The summed E-state index contributed by atoms with van der Waals surface area (Å²) < 4.78 is 6.94. The SMILES string of the molecule is Nn1cc(C2=CCN3CCCCC3C2)c2cc(C(=O)c3ccco3)ccc21. The van der Waals surface area contributed by atoms with E-state index in [9.17, 15) is 4.79 Å². The molecule has 2 aliphatic heterocycles. The summed E-state index contributed by atoms with van der Waals surface area (Å²) >= 11 is 0. The molecule has 1 saturated heterocycles. The Morgan fingerprint density at radius 3 is 3.00 bits per heavy atom. The second kappa shape index (κ2) is 6.43. The number of fused-ring (bicyclic) bond motifs is 2. The number of nitrogens with two attached hydrogens (primary N) is 1. The Labute approximate surface area is 158 Å². The van der Waals surface area contributed by atoms with Crippen molar-refractivity contribution in [1.29, 1.82) is 0 Å². The van der Waals surface area contributed by atoms with Gasteiger partial charge < -0.3 is 10.3 Å². The maximum Gasteiger partial charge on any atom is 0.228 e. The number of nitrogen functional groups attached to an aromatic ring is 1. The monoisotopic (exact) mass is 361 g/mol. The van der Waals surface area contributed by atoms with E-state index in [0.717, 1.165) is 29.4 Å². The Balaban J connectivity index is 1.55. The molecule has 2 aromatic heterocycles. The summed E-state index contributed by atoms with van der Waals surface area (Å²) in [5.74, 6) is 6.47. The fourth-order valence-corrected chi connectivity index (χ4v) is 4.52. The predicted molar refractivity (Wildman–Crippen MR) is 106 cm³/mol. The quantitative estimate of drug-likeness (QED) is 0.569. The smallest absolute Gasteiger partial charge is 0.228 e. The van der Waals surface area contributed by atoms with Crippen molar-refractivity contribution in [3.8, 4) is 0 Å².